The average Bonchev–Trinajstić information content (AvgIpc) is 2.90. The summed E-state index contributed by atoms with van der Waals surface area (Å²) < 4.78 is 1.67. The molecule has 0 aliphatic heterocycles. The first-order chi connectivity index (χ1) is 6.26. The van der Waals surface area contributed by atoms with Crippen molar-refractivity contribution in [1.82, 2.24) is 9.55 Å². The average molecular weight is 196 g/mol. The van der Waals surface area contributed by atoms with Gasteiger partial charge in [-0.05, 0) is 24.0 Å². The van der Waals surface area contributed by atoms with Gasteiger partial charge in [-0.3, -0.25) is 9.36 Å². The maximum Gasteiger partial charge on any atom is 0.253 e. The molecule has 0 unspecified atom stereocenters. The van der Waals surface area contributed by atoms with Gasteiger partial charge in [0.1, 0.15) is 0 Å². The van der Waals surface area contributed by atoms with Crippen molar-refractivity contribution in [2.45, 2.75) is 19.4 Å². The van der Waals surface area contributed by atoms with Crippen molar-refractivity contribution in [3.05, 3.63) is 28.9 Å². The predicted octanol–water partition coefficient (Wildman–Crippen LogP) is 0.953. The second-order valence-corrected chi connectivity index (χ2v) is 4.02. The van der Waals surface area contributed by atoms with Crippen molar-refractivity contribution in [2.75, 3.05) is 5.75 Å². The van der Waals surface area contributed by atoms with Crippen LogP contribution in [0.15, 0.2) is 23.4 Å². The van der Waals surface area contributed by atoms with Gasteiger partial charge in [0, 0.05) is 18.8 Å². The molecule has 0 atom stereocenters. The maximum absolute atomic E-state index is 11.3. The van der Waals surface area contributed by atoms with Crippen LogP contribution in [0.2, 0.25) is 0 Å². The molecular formula is C9H12N2OS. The Hall–Kier alpha value is -0.770. The van der Waals surface area contributed by atoms with E-state index in [2.05, 4.69) is 17.6 Å². The number of hydrogen-bond donors (Lipinski definition) is 1. The lowest BCUT2D eigenvalue weighted by molar-refractivity contribution is 0.459. The second-order valence-electron chi connectivity index (χ2n) is 3.70. The fourth-order valence-electron chi connectivity index (χ4n) is 1.40. The molecule has 0 radical (unpaired) electrons. The van der Waals surface area contributed by atoms with Gasteiger partial charge in [0.15, 0.2) is 0 Å². The van der Waals surface area contributed by atoms with Gasteiger partial charge in [0.05, 0.1) is 6.33 Å². The van der Waals surface area contributed by atoms with E-state index < -0.39 is 0 Å². The fraction of sp³-hybridized carbons (Fsp3) is 0.556. The van der Waals surface area contributed by atoms with Crippen molar-refractivity contribution in [2.24, 2.45) is 5.41 Å². The Kier molecular flexibility index (Phi) is 2.15. The van der Waals surface area contributed by atoms with Gasteiger partial charge in [-0.2, -0.15) is 12.6 Å². The molecule has 0 saturated heterocycles. The number of rotatable bonds is 3. The first kappa shape index (κ1) is 8.81. The number of aromatic nitrogens is 2. The summed E-state index contributed by atoms with van der Waals surface area (Å²) in [6.45, 7) is 0.767. The summed E-state index contributed by atoms with van der Waals surface area (Å²) in [6.07, 6.45) is 5.49. The van der Waals surface area contributed by atoms with Crippen LogP contribution in [0.5, 0.6) is 0 Å². The summed E-state index contributed by atoms with van der Waals surface area (Å²) in [6, 6.07) is 1.49. The quantitative estimate of drug-likeness (QED) is 0.731. The third-order valence-corrected chi connectivity index (χ3v) is 3.26. The Morgan fingerprint density at radius 3 is 2.92 bits per heavy atom. The molecule has 1 aliphatic rings. The highest BCUT2D eigenvalue weighted by molar-refractivity contribution is 7.80. The zero-order valence-electron chi connectivity index (χ0n) is 7.31. The third-order valence-electron chi connectivity index (χ3n) is 2.59. The standard InChI is InChI=1S/C9H12N2OS/c12-8-1-4-10-7-11(8)5-9(6-13)2-3-9/h1,4,7,13H,2-3,5-6H2. The van der Waals surface area contributed by atoms with Crippen molar-refractivity contribution in [1.29, 1.82) is 0 Å². The summed E-state index contributed by atoms with van der Waals surface area (Å²) in [5.74, 6) is 0.855. The van der Waals surface area contributed by atoms with Crippen LogP contribution in [0, 0.1) is 5.41 Å². The predicted molar refractivity (Wildman–Crippen MR) is 54.0 cm³/mol. The van der Waals surface area contributed by atoms with E-state index in [0.29, 0.717) is 0 Å². The van der Waals surface area contributed by atoms with E-state index in [1.54, 1.807) is 10.9 Å². The molecular weight excluding hydrogens is 184 g/mol. The molecule has 0 bridgehead atoms. The number of nitrogens with zero attached hydrogens (tertiary/aromatic N) is 2. The van der Waals surface area contributed by atoms with Crippen LogP contribution in [0.1, 0.15) is 12.8 Å². The van der Waals surface area contributed by atoms with Crippen LogP contribution in [0.3, 0.4) is 0 Å². The van der Waals surface area contributed by atoms with Crippen LogP contribution in [0.25, 0.3) is 0 Å². The van der Waals surface area contributed by atoms with Crippen LogP contribution >= 0.6 is 12.6 Å². The lowest BCUT2D eigenvalue weighted by Gasteiger charge is -2.12. The molecule has 0 amide bonds. The first-order valence-corrected chi connectivity index (χ1v) is 5.00. The molecule has 0 N–H and O–H groups in total. The molecule has 0 aromatic carbocycles. The Balaban J connectivity index is 2.19. The van der Waals surface area contributed by atoms with Crippen molar-refractivity contribution < 1.29 is 0 Å². The molecule has 4 heteroatoms. The molecule has 70 valence electrons. The molecule has 13 heavy (non-hydrogen) atoms. The highest BCUT2D eigenvalue weighted by Gasteiger charge is 2.41. The van der Waals surface area contributed by atoms with E-state index >= 15 is 0 Å². The summed E-state index contributed by atoms with van der Waals surface area (Å²) in [7, 11) is 0. The first-order valence-electron chi connectivity index (χ1n) is 4.37. The monoisotopic (exact) mass is 196 g/mol. The van der Waals surface area contributed by atoms with Gasteiger partial charge in [0.25, 0.3) is 5.56 Å². The van der Waals surface area contributed by atoms with E-state index in [-0.39, 0.29) is 11.0 Å². The Bertz CT molecular complexity index is 357. The highest BCUT2D eigenvalue weighted by atomic mass is 32.1. The highest BCUT2D eigenvalue weighted by Crippen LogP contribution is 2.47. The van der Waals surface area contributed by atoms with Gasteiger partial charge < -0.3 is 0 Å². The molecule has 1 saturated carbocycles. The van der Waals surface area contributed by atoms with E-state index in [9.17, 15) is 4.79 Å². The minimum Gasteiger partial charge on any atom is -0.299 e. The number of hydrogen-bond acceptors (Lipinski definition) is 3. The fourth-order valence-corrected chi connectivity index (χ4v) is 1.82. The van der Waals surface area contributed by atoms with Gasteiger partial charge in [-0.25, -0.2) is 4.98 Å². The van der Waals surface area contributed by atoms with Crippen LogP contribution < -0.4 is 5.56 Å². The lowest BCUT2D eigenvalue weighted by Crippen LogP contribution is -2.24. The summed E-state index contributed by atoms with van der Waals surface area (Å²) in [5.41, 5.74) is 0.304. The molecule has 3 nitrogen and oxygen atoms in total. The molecule has 1 aromatic rings. The van der Waals surface area contributed by atoms with E-state index in [4.69, 9.17) is 0 Å². The number of thiol groups is 1. The van der Waals surface area contributed by atoms with Gasteiger partial charge in [-0.1, -0.05) is 0 Å². The Labute approximate surface area is 82.2 Å². The molecule has 1 heterocycles. The Morgan fingerprint density at radius 2 is 2.38 bits per heavy atom. The summed E-state index contributed by atoms with van der Waals surface area (Å²) in [5, 5.41) is 0. The van der Waals surface area contributed by atoms with Gasteiger partial charge in [-0.15, -0.1) is 0 Å². The zero-order valence-corrected chi connectivity index (χ0v) is 8.20. The van der Waals surface area contributed by atoms with Crippen molar-refractivity contribution >= 4 is 12.6 Å². The Morgan fingerprint density at radius 1 is 1.62 bits per heavy atom. The maximum atomic E-state index is 11.3. The smallest absolute Gasteiger partial charge is 0.253 e. The van der Waals surface area contributed by atoms with Crippen LogP contribution in [-0.2, 0) is 6.54 Å². The summed E-state index contributed by atoms with van der Waals surface area (Å²) >= 11 is 4.29. The molecule has 1 aromatic heterocycles. The zero-order chi connectivity index (χ0) is 9.31. The van der Waals surface area contributed by atoms with E-state index in [1.165, 1.54) is 25.1 Å². The van der Waals surface area contributed by atoms with Gasteiger partial charge in [0.2, 0.25) is 0 Å². The second kappa shape index (κ2) is 3.18. The van der Waals surface area contributed by atoms with Crippen LogP contribution in [-0.4, -0.2) is 15.3 Å². The minimum absolute atomic E-state index is 0.0306. The normalized spacial score (nSPS) is 18.5. The SMILES string of the molecule is O=c1ccncn1CC1(CS)CC1. The van der Waals surface area contributed by atoms with E-state index in [0.717, 1.165) is 12.3 Å². The van der Waals surface area contributed by atoms with Crippen molar-refractivity contribution in [3.63, 3.8) is 0 Å². The molecule has 0 spiro atoms. The minimum atomic E-state index is 0.0306. The lowest BCUT2D eigenvalue weighted by atomic mass is 10.1. The molecule has 1 aliphatic carbocycles. The summed E-state index contributed by atoms with van der Waals surface area (Å²) in [4.78, 5) is 15.3. The largest absolute Gasteiger partial charge is 0.299 e. The molecule has 2 rings (SSSR count). The third kappa shape index (κ3) is 1.77. The van der Waals surface area contributed by atoms with Crippen LogP contribution in [0.4, 0.5) is 0 Å². The molecule has 1 fully saturated rings. The van der Waals surface area contributed by atoms with Crippen molar-refractivity contribution in [3.8, 4) is 0 Å². The van der Waals surface area contributed by atoms with Gasteiger partial charge >= 0.3 is 0 Å². The topological polar surface area (TPSA) is 34.9 Å². The van der Waals surface area contributed by atoms with E-state index in [1.807, 2.05) is 0 Å².